The molecule has 0 aliphatic carbocycles. The van der Waals surface area contributed by atoms with Crippen LogP contribution >= 0.6 is 22.6 Å². The summed E-state index contributed by atoms with van der Waals surface area (Å²) in [6.07, 6.45) is 3.00. The van der Waals surface area contributed by atoms with Crippen LogP contribution in [-0.2, 0) is 11.2 Å². The van der Waals surface area contributed by atoms with Crippen LogP contribution in [0.25, 0.3) is 0 Å². The minimum absolute atomic E-state index is 0.0306. The lowest BCUT2D eigenvalue weighted by molar-refractivity contribution is 0.0783. The molecule has 0 saturated heterocycles. The molecule has 0 bridgehead atoms. The Labute approximate surface area is 135 Å². The van der Waals surface area contributed by atoms with E-state index in [0.29, 0.717) is 12.2 Å². The molecule has 0 spiro atoms. The SMILES string of the molecule is CCCc1cc(C(=O)COCC)ccc1OCCCI. The van der Waals surface area contributed by atoms with Crippen LogP contribution in [0.4, 0.5) is 0 Å². The molecule has 4 heteroatoms. The highest BCUT2D eigenvalue weighted by atomic mass is 127. The van der Waals surface area contributed by atoms with Crippen LogP contribution in [0.5, 0.6) is 5.75 Å². The van der Waals surface area contributed by atoms with Gasteiger partial charge in [-0.2, -0.15) is 0 Å². The highest BCUT2D eigenvalue weighted by Gasteiger charge is 2.10. The fraction of sp³-hybridized carbons (Fsp3) is 0.562. The number of hydrogen-bond donors (Lipinski definition) is 0. The zero-order valence-corrected chi connectivity index (χ0v) is 14.4. The number of benzene rings is 1. The quantitative estimate of drug-likeness (QED) is 0.262. The van der Waals surface area contributed by atoms with Crippen molar-refractivity contribution in [3.05, 3.63) is 29.3 Å². The first-order chi connectivity index (χ1) is 9.72. The molecule has 20 heavy (non-hydrogen) atoms. The van der Waals surface area contributed by atoms with Crippen molar-refractivity contribution in [1.29, 1.82) is 0 Å². The number of aryl methyl sites for hydroxylation is 1. The fourth-order valence-corrected chi connectivity index (χ4v) is 2.18. The molecule has 0 unspecified atom stereocenters. The molecule has 3 nitrogen and oxygen atoms in total. The van der Waals surface area contributed by atoms with Gasteiger partial charge in [0.05, 0.1) is 6.61 Å². The number of ketones is 1. The van der Waals surface area contributed by atoms with E-state index in [0.717, 1.165) is 41.6 Å². The van der Waals surface area contributed by atoms with Gasteiger partial charge in [0.2, 0.25) is 0 Å². The van der Waals surface area contributed by atoms with Gasteiger partial charge >= 0.3 is 0 Å². The zero-order valence-electron chi connectivity index (χ0n) is 12.3. The van der Waals surface area contributed by atoms with E-state index in [2.05, 4.69) is 29.5 Å². The van der Waals surface area contributed by atoms with Crippen molar-refractivity contribution < 1.29 is 14.3 Å². The molecule has 0 amide bonds. The molecule has 0 aliphatic rings. The van der Waals surface area contributed by atoms with Crippen molar-refractivity contribution in [1.82, 2.24) is 0 Å². The smallest absolute Gasteiger partial charge is 0.188 e. The van der Waals surface area contributed by atoms with E-state index in [1.807, 2.05) is 25.1 Å². The summed E-state index contributed by atoms with van der Waals surface area (Å²) in [6.45, 7) is 5.46. The number of alkyl halides is 1. The lowest BCUT2D eigenvalue weighted by atomic mass is 10.0. The van der Waals surface area contributed by atoms with E-state index in [1.54, 1.807) is 0 Å². The van der Waals surface area contributed by atoms with E-state index in [9.17, 15) is 4.79 Å². The zero-order chi connectivity index (χ0) is 14.8. The summed E-state index contributed by atoms with van der Waals surface area (Å²) in [5.41, 5.74) is 1.83. The number of halogens is 1. The first-order valence-electron chi connectivity index (χ1n) is 7.15. The Kier molecular flexibility index (Phi) is 8.85. The third-order valence-corrected chi connectivity index (χ3v) is 3.64. The van der Waals surface area contributed by atoms with Gasteiger partial charge in [-0.25, -0.2) is 0 Å². The molecule has 0 radical (unpaired) electrons. The van der Waals surface area contributed by atoms with E-state index in [-0.39, 0.29) is 12.4 Å². The predicted octanol–water partition coefficient (Wildman–Crippen LogP) is 4.06. The number of carbonyl (C=O) groups is 1. The van der Waals surface area contributed by atoms with Gasteiger partial charge < -0.3 is 9.47 Å². The molecule has 0 aliphatic heterocycles. The van der Waals surface area contributed by atoms with E-state index in [1.165, 1.54) is 0 Å². The third-order valence-electron chi connectivity index (χ3n) is 2.87. The second-order valence-electron chi connectivity index (χ2n) is 4.52. The van der Waals surface area contributed by atoms with Crippen molar-refractivity contribution in [3.63, 3.8) is 0 Å². The summed E-state index contributed by atoms with van der Waals surface area (Å²) >= 11 is 2.34. The van der Waals surface area contributed by atoms with Crippen LogP contribution in [0.15, 0.2) is 18.2 Å². The van der Waals surface area contributed by atoms with E-state index >= 15 is 0 Å². The Balaban J connectivity index is 2.79. The minimum atomic E-state index is 0.0306. The summed E-state index contributed by atoms with van der Waals surface area (Å²) in [5.74, 6) is 0.938. The number of carbonyl (C=O) groups excluding carboxylic acids is 1. The molecule has 0 N–H and O–H groups in total. The van der Waals surface area contributed by atoms with Gasteiger partial charge in [-0.15, -0.1) is 0 Å². The minimum Gasteiger partial charge on any atom is -0.493 e. The Morgan fingerprint density at radius 1 is 1.30 bits per heavy atom. The van der Waals surface area contributed by atoms with Crippen molar-refractivity contribution in [3.8, 4) is 5.75 Å². The Bertz CT molecular complexity index is 418. The summed E-state index contributed by atoms with van der Waals surface area (Å²) < 4.78 is 12.1. The van der Waals surface area contributed by atoms with E-state index < -0.39 is 0 Å². The summed E-state index contributed by atoms with van der Waals surface area (Å²) in [5, 5.41) is 0. The van der Waals surface area contributed by atoms with Crippen molar-refractivity contribution in [2.45, 2.75) is 33.1 Å². The van der Waals surface area contributed by atoms with Gasteiger partial charge in [-0.3, -0.25) is 4.79 Å². The van der Waals surface area contributed by atoms with Crippen LogP contribution in [0.1, 0.15) is 42.6 Å². The monoisotopic (exact) mass is 390 g/mol. The first-order valence-corrected chi connectivity index (χ1v) is 8.68. The van der Waals surface area contributed by atoms with Gasteiger partial charge in [0.1, 0.15) is 12.4 Å². The third kappa shape index (κ3) is 5.79. The van der Waals surface area contributed by atoms with E-state index in [4.69, 9.17) is 9.47 Å². The summed E-state index contributed by atoms with van der Waals surface area (Å²) in [6, 6.07) is 5.70. The molecular weight excluding hydrogens is 367 g/mol. The number of rotatable bonds is 10. The van der Waals surface area contributed by atoms with Gasteiger partial charge in [0.15, 0.2) is 5.78 Å². The Hall–Kier alpha value is -0.620. The summed E-state index contributed by atoms with van der Waals surface area (Å²) in [7, 11) is 0. The average Bonchev–Trinajstić information content (AvgIpc) is 2.46. The van der Waals surface area contributed by atoms with Crippen molar-refractivity contribution in [2.24, 2.45) is 0 Å². The molecule has 0 heterocycles. The van der Waals surface area contributed by atoms with Crippen molar-refractivity contribution >= 4 is 28.4 Å². The van der Waals surface area contributed by atoms with Crippen LogP contribution in [0, 0.1) is 0 Å². The topological polar surface area (TPSA) is 35.5 Å². The number of ether oxygens (including phenoxy) is 2. The fourth-order valence-electron chi connectivity index (χ4n) is 1.87. The highest BCUT2D eigenvalue weighted by molar-refractivity contribution is 14.1. The molecule has 1 rings (SSSR count). The van der Waals surface area contributed by atoms with Crippen LogP contribution in [0.2, 0.25) is 0 Å². The van der Waals surface area contributed by atoms with Crippen LogP contribution in [-0.4, -0.2) is 30.0 Å². The largest absolute Gasteiger partial charge is 0.493 e. The maximum absolute atomic E-state index is 12.0. The second-order valence-corrected chi connectivity index (χ2v) is 5.60. The molecular formula is C16H23IO3. The molecule has 0 saturated carbocycles. The normalized spacial score (nSPS) is 10.6. The Morgan fingerprint density at radius 2 is 2.10 bits per heavy atom. The van der Waals surface area contributed by atoms with Crippen LogP contribution < -0.4 is 4.74 Å². The molecule has 112 valence electrons. The second kappa shape index (κ2) is 10.2. The van der Waals surface area contributed by atoms with Gasteiger partial charge in [0, 0.05) is 16.6 Å². The van der Waals surface area contributed by atoms with Gasteiger partial charge in [-0.1, -0.05) is 35.9 Å². The van der Waals surface area contributed by atoms with Crippen LogP contribution in [0.3, 0.4) is 0 Å². The summed E-state index contributed by atoms with van der Waals surface area (Å²) in [4.78, 5) is 12.0. The standard InChI is InChI=1S/C16H23IO3/c1-3-6-14-11-13(15(18)12-19-4-2)7-8-16(14)20-10-5-9-17/h7-8,11H,3-6,9-10,12H2,1-2H3. The lowest BCUT2D eigenvalue weighted by Gasteiger charge is -2.12. The number of Topliss-reactive ketones (excluding diaryl/α,β-unsaturated/α-hetero) is 1. The highest BCUT2D eigenvalue weighted by Crippen LogP contribution is 2.22. The van der Waals surface area contributed by atoms with Gasteiger partial charge in [-0.05, 0) is 43.5 Å². The molecule has 0 atom stereocenters. The first kappa shape index (κ1) is 17.4. The molecule has 1 aromatic carbocycles. The lowest BCUT2D eigenvalue weighted by Crippen LogP contribution is -2.10. The maximum atomic E-state index is 12.0. The maximum Gasteiger partial charge on any atom is 0.188 e. The molecule has 0 aromatic heterocycles. The van der Waals surface area contributed by atoms with Crippen molar-refractivity contribution in [2.75, 3.05) is 24.2 Å². The average molecular weight is 390 g/mol. The Morgan fingerprint density at radius 3 is 2.75 bits per heavy atom. The van der Waals surface area contributed by atoms with Gasteiger partial charge in [0.25, 0.3) is 0 Å². The molecule has 1 aromatic rings. The molecule has 0 fully saturated rings. The number of hydrogen-bond acceptors (Lipinski definition) is 3. The predicted molar refractivity (Wildman–Crippen MR) is 90.3 cm³/mol.